The Kier molecular flexibility index (Phi) is 4.55. The second kappa shape index (κ2) is 5.27. The lowest BCUT2D eigenvalue weighted by Crippen LogP contribution is -2.46. The fourth-order valence-electron chi connectivity index (χ4n) is 2.18. The maximum Gasteiger partial charge on any atom is 0.215 e. The molecule has 0 spiro atoms. The topological polar surface area (TPSA) is 63.4 Å². The molecule has 0 aliphatic carbocycles. The minimum atomic E-state index is -3.14. The number of piperidine rings is 1. The van der Waals surface area contributed by atoms with Crippen LogP contribution in [0.5, 0.6) is 0 Å². The van der Waals surface area contributed by atoms with Crippen molar-refractivity contribution in [3.8, 4) is 0 Å². The smallest absolute Gasteiger partial charge is 0.215 e. The lowest BCUT2D eigenvalue weighted by Gasteiger charge is -2.34. The van der Waals surface area contributed by atoms with Gasteiger partial charge in [0.25, 0.3) is 0 Å². The number of sulfonamides is 1. The van der Waals surface area contributed by atoms with Crippen molar-refractivity contribution >= 4 is 10.0 Å². The third-order valence-corrected chi connectivity index (χ3v) is 5.02. The summed E-state index contributed by atoms with van der Waals surface area (Å²) < 4.78 is 25.7. The molecule has 1 aliphatic heterocycles. The van der Waals surface area contributed by atoms with Gasteiger partial charge in [-0.05, 0) is 26.2 Å². The summed E-state index contributed by atoms with van der Waals surface area (Å²) in [5.74, 6) is 0.0729. The fourth-order valence-corrected chi connectivity index (χ4v) is 4.15. The standard InChI is InChI=1S/C10H22N2O2S/c1-3-10-6-4-5-7-12(10)15(13,14)8-9(2)11/h9-10H,3-8,11H2,1-2H3. The summed E-state index contributed by atoms with van der Waals surface area (Å²) in [6.07, 6.45) is 4.02. The zero-order chi connectivity index (χ0) is 11.5. The van der Waals surface area contributed by atoms with Crippen LogP contribution < -0.4 is 5.73 Å². The van der Waals surface area contributed by atoms with Crippen molar-refractivity contribution in [3.63, 3.8) is 0 Å². The van der Waals surface area contributed by atoms with Gasteiger partial charge in [-0.3, -0.25) is 0 Å². The van der Waals surface area contributed by atoms with E-state index in [4.69, 9.17) is 5.73 Å². The largest absolute Gasteiger partial charge is 0.327 e. The van der Waals surface area contributed by atoms with Crippen molar-refractivity contribution in [1.82, 2.24) is 4.31 Å². The van der Waals surface area contributed by atoms with Crippen LogP contribution in [0.15, 0.2) is 0 Å². The number of nitrogens with two attached hydrogens (primary N) is 1. The first-order valence-electron chi connectivity index (χ1n) is 5.72. The first-order chi connectivity index (χ1) is 6.97. The van der Waals surface area contributed by atoms with Gasteiger partial charge in [0.15, 0.2) is 0 Å². The molecule has 0 aromatic heterocycles. The van der Waals surface area contributed by atoms with E-state index in [1.807, 2.05) is 6.92 Å². The Morgan fingerprint density at radius 3 is 2.67 bits per heavy atom. The van der Waals surface area contributed by atoms with Crippen molar-refractivity contribution in [3.05, 3.63) is 0 Å². The number of hydrogen-bond donors (Lipinski definition) is 1. The average Bonchev–Trinajstić information content (AvgIpc) is 2.16. The molecule has 2 atom stereocenters. The molecule has 0 aromatic rings. The van der Waals surface area contributed by atoms with E-state index in [2.05, 4.69) is 0 Å². The first kappa shape index (κ1) is 12.9. The second-order valence-electron chi connectivity index (χ2n) is 4.42. The maximum atomic E-state index is 12.0. The lowest BCUT2D eigenvalue weighted by molar-refractivity contribution is 0.246. The van der Waals surface area contributed by atoms with Crippen molar-refractivity contribution in [2.45, 2.75) is 51.6 Å². The monoisotopic (exact) mass is 234 g/mol. The molecule has 1 fully saturated rings. The van der Waals surface area contributed by atoms with Gasteiger partial charge < -0.3 is 5.73 Å². The van der Waals surface area contributed by atoms with Gasteiger partial charge in [0, 0.05) is 18.6 Å². The minimum absolute atomic E-state index is 0.0729. The van der Waals surface area contributed by atoms with Gasteiger partial charge in [-0.1, -0.05) is 13.3 Å². The van der Waals surface area contributed by atoms with Crippen LogP contribution in [0.1, 0.15) is 39.5 Å². The van der Waals surface area contributed by atoms with E-state index >= 15 is 0 Å². The Bertz CT molecular complexity index is 288. The molecular weight excluding hydrogens is 212 g/mol. The molecule has 1 rings (SSSR count). The first-order valence-corrected chi connectivity index (χ1v) is 7.33. The zero-order valence-corrected chi connectivity index (χ0v) is 10.5. The molecule has 0 aromatic carbocycles. The molecule has 1 saturated heterocycles. The van der Waals surface area contributed by atoms with E-state index in [0.29, 0.717) is 6.54 Å². The molecule has 2 N–H and O–H groups in total. The molecule has 1 aliphatic rings. The molecule has 1 heterocycles. The molecular formula is C10H22N2O2S. The van der Waals surface area contributed by atoms with Gasteiger partial charge in [0.05, 0.1) is 5.75 Å². The summed E-state index contributed by atoms with van der Waals surface area (Å²) in [5.41, 5.74) is 5.57. The van der Waals surface area contributed by atoms with Gasteiger partial charge >= 0.3 is 0 Å². The van der Waals surface area contributed by atoms with Crippen LogP contribution in [0.3, 0.4) is 0 Å². The van der Waals surface area contributed by atoms with Crippen LogP contribution in [0.25, 0.3) is 0 Å². The van der Waals surface area contributed by atoms with Crippen molar-refractivity contribution in [2.24, 2.45) is 5.73 Å². The van der Waals surface area contributed by atoms with Crippen LogP contribution in [0, 0.1) is 0 Å². The van der Waals surface area contributed by atoms with E-state index in [-0.39, 0.29) is 17.8 Å². The summed E-state index contributed by atoms with van der Waals surface area (Å²) in [7, 11) is -3.14. The predicted octanol–water partition coefficient (Wildman–Crippen LogP) is 0.928. The molecule has 2 unspecified atom stereocenters. The molecule has 0 radical (unpaired) electrons. The van der Waals surface area contributed by atoms with Crippen LogP contribution in [0.2, 0.25) is 0 Å². The van der Waals surface area contributed by atoms with Crippen molar-refractivity contribution in [2.75, 3.05) is 12.3 Å². The van der Waals surface area contributed by atoms with Gasteiger partial charge in [-0.15, -0.1) is 0 Å². The summed E-state index contributed by atoms with van der Waals surface area (Å²) in [4.78, 5) is 0. The van der Waals surface area contributed by atoms with Gasteiger partial charge in [-0.25, -0.2) is 8.42 Å². The summed E-state index contributed by atoms with van der Waals surface area (Å²) >= 11 is 0. The van der Waals surface area contributed by atoms with E-state index in [9.17, 15) is 8.42 Å². The van der Waals surface area contributed by atoms with Crippen molar-refractivity contribution < 1.29 is 8.42 Å². The van der Waals surface area contributed by atoms with E-state index in [1.54, 1.807) is 11.2 Å². The van der Waals surface area contributed by atoms with Crippen LogP contribution >= 0.6 is 0 Å². The second-order valence-corrected chi connectivity index (χ2v) is 6.39. The quantitative estimate of drug-likeness (QED) is 0.787. The Labute approximate surface area is 92.9 Å². The molecule has 0 amide bonds. The Hall–Kier alpha value is -0.130. The van der Waals surface area contributed by atoms with Gasteiger partial charge in [0.1, 0.15) is 0 Å². The minimum Gasteiger partial charge on any atom is -0.327 e. The average molecular weight is 234 g/mol. The fraction of sp³-hybridized carbons (Fsp3) is 1.00. The lowest BCUT2D eigenvalue weighted by atomic mass is 10.0. The van der Waals surface area contributed by atoms with E-state index < -0.39 is 10.0 Å². The normalized spacial score (nSPS) is 26.5. The molecule has 5 heteroatoms. The third kappa shape index (κ3) is 3.43. The summed E-state index contributed by atoms with van der Waals surface area (Å²) in [6.45, 7) is 4.46. The highest BCUT2D eigenvalue weighted by atomic mass is 32.2. The zero-order valence-electron chi connectivity index (χ0n) is 9.65. The summed E-state index contributed by atoms with van der Waals surface area (Å²) in [6, 6.07) is -0.0862. The highest BCUT2D eigenvalue weighted by Crippen LogP contribution is 2.22. The van der Waals surface area contributed by atoms with Crippen LogP contribution in [-0.4, -0.2) is 37.1 Å². The Balaban J connectivity index is 2.74. The van der Waals surface area contributed by atoms with Crippen LogP contribution in [-0.2, 0) is 10.0 Å². The molecule has 4 nitrogen and oxygen atoms in total. The molecule has 0 saturated carbocycles. The SMILES string of the molecule is CCC1CCCCN1S(=O)(=O)CC(C)N. The highest BCUT2D eigenvalue weighted by molar-refractivity contribution is 7.89. The molecule has 90 valence electrons. The number of nitrogens with zero attached hydrogens (tertiary/aromatic N) is 1. The maximum absolute atomic E-state index is 12.0. The van der Waals surface area contributed by atoms with E-state index in [0.717, 1.165) is 25.7 Å². The van der Waals surface area contributed by atoms with Crippen molar-refractivity contribution in [1.29, 1.82) is 0 Å². The van der Waals surface area contributed by atoms with Gasteiger partial charge in [0.2, 0.25) is 10.0 Å². The number of rotatable bonds is 4. The predicted molar refractivity (Wildman–Crippen MR) is 62.1 cm³/mol. The Morgan fingerprint density at radius 2 is 2.13 bits per heavy atom. The Morgan fingerprint density at radius 1 is 1.47 bits per heavy atom. The summed E-state index contributed by atoms with van der Waals surface area (Å²) in [5, 5.41) is 0. The molecule has 0 bridgehead atoms. The third-order valence-electron chi connectivity index (χ3n) is 2.88. The molecule has 15 heavy (non-hydrogen) atoms. The van der Waals surface area contributed by atoms with E-state index in [1.165, 1.54) is 0 Å². The van der Waals surface area contributed by atoms with Gasteiger partial charge in [-0.2, -0.15) is 4.31 Å². The number of hydrogen-bond acceptors (Lipinski definition) is 3. The van der Waals surface area contributed by atoms with Crippen LogP contribution in [0.4, 0.5) is 0 Å². The highest BCUT2D eigenvalue weighted by Gasteiger charge is 2.31.